The van der Waals surface area contributed by atoms with Crippen molar-refractivity contribution in [3.8, 4) is 23.7 Å². The minimum absolute atomic E-state index is 0. The first-order valence-electron chi connectivity index (χ1n) is 20.7. The predicted octanol–water partition coefficient (Wildman–Crippen LogP) is 8.19. The van der Waals surface area contributed by atoms with Gasteiger partial charge in [-0.1, -0.05) is 43.2 Å². The smallest absolute Gasteiger partial charge is 0.261 e. The van der Waals surface area contributed by atoms with Crippen LogP contribution in [0.2, 0.25) is 0 Å². The Morgan fingerprint density at radius 2 is 1.13 bits per heavy atom. The molecule has 6 aromatic rings. The quantitative estimate of drug-likeness (QED) is 0.156. The van der Waals surface area contributed by atoms with E-state index in [4.69, 9.17) is 9.97 Å². The molecule has 314 valence electrons. The number of aromatic nitrogens is 4. The van der Waals surface area contributed by atoms with Crippen LogP contribution < -0.4 is 16.4 Å². The Morgan fingerprint density at radius 1 is 0.607 bits per heavy atom. The lowest BCUT2D eigenvalue weighted by atomic mass is 9.88. The highest BCUT2D eigenvalue weighted by atomic mass is 35.5. The van der Waals surface area contributed by atoms with E-state index >= 15 is 0 Å². The largest absolute Gasteiger partial charge is 0.311 e. The summed E-state index contributed by atoms with van der Waals surface area (Å²) in [6.45, 7) is 3.63. The van der Waals surface area contributed by atoms with Gasteiger partial charge in [0.25, 0.3) is 11.1 Å². The summed E-state index contributed by atoms with van der Waals surface area (Å²) in [5.41, 5.74) is 4.58. The average Bonchev–Trinajstić information content (AvgIpc) is 3.74. The number of aryl methyl sites for hydroxylation is 2. The maximum absolute atomic E-state index is 13.4. The van der Waals surface area contributed by atoms with Crippen LogP contribution in [-0.4, -0.2) is 55.2 Å². The van der Waals surface area contributed by atoms with E-state index in [1.54, 1.807) is 24.3 Å². The number of fused-ring (bicyclic) bond motifs is 4. The molecule has 4 aliphatic rings. The van der Waals surface area contributed by atoms with Crippen LogP contribution in [0.4, 0.5) is 8.78 Å². The van der Waals surface area contributed by atoms with E-state index < -0.39 is 0 Å². The summed E-state index contributed by atoms with van der Waals surface area (Å²) < 4.78 is 30.4. The molecule has 10 rings (SSSR count). The summed E-state index contributed by atoms with van der Waals surface area (Å²) in [5.74, 6) is 13.2. The van der Waals surface area contributed by atoms with Crippen molar-refractivity contribution in [3.05, 3.63) is 151 Å². The standard InChI is InChI=1S/C25H24FN3O.C24H22FN3O.CH4.ClH/c1-28-14-3-11-25(28)12-10-23-27-22-17-19(7-6-18-4-2-5-20(26)16-18)8-9-21(22)24(30)29(23)15-13-25;25-19-4-1-3-17(15-19)5-6-18-7-8-20-21(16-18)27-22-9-11-24(10-2-13-26-24)12-14-28(22)23(20)29;;/h2,4-5,8-9,16-17H,3,10-15H2,1H3;1,3-4,7-8,15-16,26H,2,9-14H2;1H4;1H. The van der Waals surface area contributed by atoms with Gasteiger partial charge in [0.1, 0.15) is 23.3 Å². The van der Waals surface area contributed by atoms with Crippen molar-refractivity contribution < 1.29 is 8.78 Å². The zero-order valence-corrected chi connectivity index (χ0v) is 34.5. The molecule has 4 aliphatic heterocycles. The van der Waals surface area contributed by atoms with Gasteiger partial charge >= 0.3 is 0 Å². The van der Waals surface area contributed by atoms with Crippen molar-refractivity contribution in [2.75, 3.05) is 20.1 Å². The molecule has 6 heterocycles. The first kappa shape index (κ1) is 43.4. The summed E-state index contributed by atoms with van der Waals surface area (Å²) in [6.07, 6.45) is 10.5. The number of halogens is 3. The van der Waals surface area contributed by atoms with Gasteiger partial charge < -0.3 is 10.2 Å². The predicted molar refractivity (Wildman–Crippen MR) is 241 cm³/mol. The summed E-state index contributed by atoms with van der Waals surface area (Å²) >= 11 is 0. The third-order valence-corrected chi connectivity index (χ3v) is 13.0. The lowest BCUT2D eigenvalue weighted by Gasteiger charge is -2.35. The van der Waals surface area contributed by atoms with Crippen LogP contribution in [0.5, 0.6) is 0 Å². The monoisotopic (exact) mass is 840 g/mol. The van der Waals surface area contributed by atoms with Gasteiger partial charge in [-0.25, -0.2) is 18.7 Å². The number of nitrogens with zero attached hydrogens (tertiary/aromatic N) is 5. The molecule has 4 aromatic carbocycles. The van der Waals surface area contributed by atoms with Crippen molar-refractivity contribution in [1.29, 1.82) is 0 Å². The number of nitrogens with one attached hydrogen (secondary N) is 1. The Balaban J connectivity index is 0.000000178. The molecule has 0 radical (unpaired) electrons. The van der Waals surface area contributed by atoms with E-state index in [1.165, 1.54) is 49.9 Å². The first-order chi connectivity index (χ1) is 28.7. The fourth-order valence-corrected chi connectivity index (χ4v) is 9.55. The van der Waals surface area contributed by atoms with Crippen LogP contribution in [-0.2, 0) is 25.9 Å². The molecule has 1 N–H and O–H groups in total. The van der Waals surface area contributed by atoms with E-state index in [0.29, 0.717) is 39.5 Å². The van der Waals surface area contributed by atoms with Crippen LogP contribution in [0.15, 0.2) is 94.5 Å². The van der Waals surface area contributed by atoms with Gasteiger partial charge in [0.05, 0.1) is 21.8 Å². The molecular weight excluding hydrogens is 790 g/mol. The molecule has 2 aromatic heterocycles. The van der Waals surface area contributed by atoms with Crippen LogP contribution in [0.1, 0.15) is 92.7 Å². The Labute approximate surface area is 361 Å². The molecule has 0 saturated carbocycles. The lowest BCUT2D eigenvalue weighted by molar-refractivity contribution is 0.148. The molecule has 61 heavy (non-hydrogen) atoms. The fourth-order valence-electron chi connectivity index (χ4n) is 9.55. The van der Waals surface area contributed by atoms with Crippen LogP contribution >= 0.6 is 12.4 Å². The third-order valence-electron chi connectivity index (χ3n) is 13.0. The fraction of sp³-hybridized carbons (Fsp3) is 0.360. The summed E-state index contributed by atoms with van der Waals surface area (Å²) in [6, 6.07) is 23.5. The van der Waals surface area contributed by atoms with E-state index in [1.807, 2.05) is 45.5 Å². The summed E-state index contributed by atoms with van der Waals surface area (Å²) in [4.78, 5) is 38.4. The van der Waals surface area contributed by atoms with Gasteiger partial charge in [-0.05, 0) is 144 Å². The third kappa shape index (κ3) is 9.04. The maximum Gasteiger partial charge on any atom is 0.261 e. The zero-order chi connectivity index (χ0) is 40.6. The average molecular weight is 841 g/mol. The van der Waals surface area contributed by atoms with E-state index in [-0.39, 0.29) is 53.7 Å². The highest BCUT2D eigenvalue weighted by molar-refractivity contribution is 5.85. The molecule has 2 unspecified atom stereocenters. The second-order valence-corrected chi connectivity index (χ2v) is 16.5. The van der Waals surface area contributed by atoms with Gasteiger partial charge in [-0.3, -0.25) is 18.7 Å². The molecular formula is C50H51ClF2N6O2. The van der Waals surface area contributed by atoms with Gasteiger partial charge in [-0.2, -0.15) is 0 Å². The van der Waals surface area contributed by atoms with Crippen LogP contribution in [0.3, 0.4) is 0 Å². The van der Waals surface area contributed by atoms with E-state index in [2.05, 4.69) is 40.9 Å². The van der Waals surface area contributed by atoms with Gasteiger partial charge in [0, 0.05) is 59.3 Å². The maximum atomic E-state index is 13.4. The van der Waals surface area contributed by atoms with Crippen molar-refractivity contribution >= 4 is 34.2 Å². The Bertz CT molecular complexity index is 2860. The van der Waals surface area contributed by atoms with Gasteiger partial charge in [0.15, 0.2) is 0 Å². The van der Waals surface area contributed by atoms with E-state index in [0.717, 1.165) is 80.9 Å². The van der Waals surface area contributed by atoms with Gasteiger partial charge in [-0.15, -0.1) is 12.4 Å². The SMILES string of the molecule is C.CN1CCCC12CCc1nc3cc(C#Cc4cccc(F)c4)ccc3c(=O)n1CC2.Cl.O=c1c2ccc(C#Cc3cccc(F)c3)cc2nc2n1CCC1(CCCN1)CC2. The van der Waals surface area contributed by atoms with Crippen molar-refractivity contribution in [2.24, 2.45) is 0 Å². The molecule has 0 amide bonds. The number of hydrogen-bond donors (Lipinski definition) is 1. The molecule has 0 bridgehead atoms. The zero-order valence-electron chi connectivity index (χ0n) is 33.7. The minimum atomic E-state index is -0.304. The molecule has 8 nitrogen and oxygen atoms in total. The molecule has 2 saturated heterocycles. The van der Waals surface area contributed by atoms with Crippen molar-refractivity contribution in [1.82, 2.24) is 29.3 Å². The Kier molecular flexibility index (Phi) is 12.9. The highest BCUT2D eigenvalue weighted by Gasteiger charge is 2.40. The van der Waals surface area contributed by atoms with Gasteiger partial charge in [0.2, 0.25) is 0 Å². The van der Waals surface area contributed by atoms with Crippen LogP contribution in [0.25, 0.3) is 21.8 Å². The number of hydrogen-bond acceptors (Lipinski definition) is 6. The highest BCUT2D eigenvalue weighted by Crippen LogP contribution is 2.37. The Morgan fingerprint density at radius 3 is 1.62 bits per heavy atom. The topological polar surface area (TPSA) is 85.1 Å². The Hall–Kier alpha value is -5.65. The van der Waals surface area contributed by atoms with Crippen molar-refractivity contribution in [3.63, 3.8) is 0 Å². The molecule has 11 heteroatoms. The second kappa shape index (κ2) is 18.1. The van der Waals surface area contributed by atoms with Crippen molar-refractivity contribution in [2.45, 2.75) is 95.8 Å². The number of likely N-dealkylation sites (tertiary alicyclic amines) is 1. The minimum Gasteiger partial charge on any atom is -0.311 e. The lowest BCUT2D eigenvalue weighted by Crippen LogP contribution is -2.41. The summed E-state index contributed by atoms with van der Waals surface area (Å²) in [7, 11) is 2.21. The molecule has 2 spiro atoms. The van der Waals surface area contributed by atoms with Crippen LogP contribution in [0, 0.1) is 35.3 Å². The number of rotatable bonds is 0. The molecule has 2 atom stereocenters. The summed E-state index contributed by atoms with van der Waals surface area (Å²) in [5, 5.41) is 4.92. The number of benzene rings is 4. The van der Waals surface area contributed by atoms with E-state index in [9.17, 15) is 18.4 Å². The first-order valence-corrected chi connectivity index (χ1v) is 20.7. The second-order valence-electron chi connectivity index (χ2n) is 16.5. The normalized spacial score (nSPS) is 20.4. The molecule has 2 fully saturated rings. The molecule has 0 aliphatic carbocycles.